The van der Waals surface area contributed by atoms with Gasteiger partial charge in [-0.25, -0.2) is 9.50 Å². The largest absolute Gasteiger partial charge is 0.416 e. The van der Waals surface area contributed by atoms with Gasteiger partial charge in [0.2, 0.25) is 0 Å². The summed E-state index contributed by atoms with van der Waals surface area (Å²) in [5.41, 5.74) is 3.04. The number of aromatic nitrogens is 4. The van der Waals surface area contributed by atoms with Crippen LogP contribution in [-0.4, -0.2) is 19.6 Å². The molecule has 0 aliphatic rings. The van der Waals surface area contributed by atoms with Crippen LogP contribution < -0.4 is 0 Å². The molecule has 26 heavy (non-hydrogen) atoms. The van der Waals surface area contributed by atoms with Crippen molar-refractivity contribution in [1.82, 2.24) is 19.6 Å². The fourth-order valence-corrected chi connectivity index (χ4v) is 2.73. The van der Waals surface area contributed by atoms with Crippen LogP contribution in [0.5, 0.6) is 0 Å². The van der Waals surface area contributed by atoms with Gasteiger partial charge in [-0.2, -0.15) is 13.2 Å². The molecule has 0 radical (unpaired) electrons. The second-order valence-electron chi connectivity index (χ2n) is 5.91. The zero-order valence-electron chi connectivity index (χ0n) is 13.7. The zero-order chi connectivity index (χ0) is 18.3. The van der Waals surface area contributed by atoms with Crippen molar-refractivity contribution in [2.45, 2.75) is 13.1 Å². The molecule has 0 atom stereocenters. The highest BCUT2D eigenvalue weighted by atomic mass is 19.4. The summed E-state index contributed by atoms with van der Waals surface area (Å²) in [5, 5.41) is 4.48. The van der Waals surface area contributed by atoms with Crippen LogP contribution in [-0.2, 0) is 6.18 Å². The third-order valence-electron chi connectivity index (χ3n) is 4.09. The summed E-state index contributed by atoms with van der Waals surface area (Å²) in [5.74, 6) is 0.514. The van der Waals surface area contributed by atoms with Crippen molar-refractivity contribution < 1.29 is 13.2 Å². The highest BCUT2D eigenvalue weighted by Crippen LogP contribution is 2.31. The molecule has 0 amide bonds. The standard InChI is InChI=1S/C19H13F3N4/c1-12-3-2-4-17-24-18(25-26(12)17)15-9-14(10-23-11-15)13-5-7-16(8-6-13)19(20,21)22/h2-11H,1H3. The predicted molar refractivity (Wildman–Crippen MR) is 91.4 cm³/mol. The molecule has 4 rings (SSSR count). The van der Waals surface area contributed by atoms with Crippen LogP contribution in [0.2, 0.25) is 0 Å². The maximum absolute atomic E-state index is 12.7. The van der Waals surface area contributed by atoms with Crippen LogP contribution in [0.15, 0.2) is 60.9 Å². The molecule has 130 valence electrons. The first-order chi connectivity index (χ1) is 12.4. The summed E-state index contributed by atoms with van der Waals surface area (Å²) in [6.45, 7) is 1.93. The van der Waals surface area contributed by atoms with E-state index in [1.165, 1.54) is 12.1 Å². The molecule has 0 saturated carbocycles. The fraction of sp³-hybridized carbons (Fsp3) is 0.105. The van der Waals surface area contributed by atoms with Crippen molar-refractivity contribution in [1.29, 1.82) is 0 Å². The number of alkyl halides is 3. The molecule has 0 fully saturated rings. The Balaban J connectivity index is 1.73. The molecular formula is C19H13F3N4. The van der Waals surface area contributed by atoms with Gasteiger partial charge >= 0.3 is 6.18 Å². The molecule has 0 aliphatic carbocycles. The van der Waals surface area contributed by atoms with Crippen molar-refractivity contribution in [3.63, 3.8) is 0 Å². The van der Waals surface area contributed by atoms with E-state index >= 15 is 0 Å². The molecule has 4 nitrogen and oxygen atoms in total. The smallest absolute Gasteiger partial charge is 0.263 e. The first-order valence-corrected chi connectivity index (χ1v) is 7.87. The molecule has 1 aromatic carbocycles. The van der Waals surface area contributed by atoms with E-state index in [4.69, 9.17) is 0 Å². The number of fused-ring (bicyclic) bond motifs is 1. The molecule has 0 bridgehead atoms. The van der Waals surface area contributed by atoms with E-state index < -0.39 is 11.7 Å². The van der Waals surface area contributed by atoms with Gasteiger partial charge in [-0.3, -0.25) is 4.98 Å². The Morgan fingerprint density at radius 1 is 0.885 bits per heavy atom. The quantitative estimate of drug-likeness (QED) is 0.520. The summed E-state index contributed by atoms with van der Waals surface area (Å²) < 4.78 is 39.9. The van der Waals surface area contributed by atoms with Crippen LogP contribution in [0, 0.1) is 6.92 Å². The number of pyridine rings is 2. The zero-order valence-corrected chi connectivity index (χ0v) is 13.7. The number of hydrogen-bond acceptors (Lipinski definition) is 3. The Hall–Kier alpha value is -3.22. The predicted octanol–water partition coefficient (Wildman–Crippen LogP) is 4.79. The Bertz CT molecular complexity index is 1080. The minimum atomic E-state index is -4.35. The van der Waals surface area contributed by atoms with Crippen LogP contribution in [0.1, 0.15) is 11.3 Å². The Morgan fingerprint density at radius 3 is 2.31 bits per heavy atom. The summed E-state index contributed by atoms with van der Waals surface area (Å²) in [6.07, 6.45) is -1.11. The maximum atomic E-state index is 12.7. The highest BCUT2D eigenvalue weighted by molar-refractivity contribution is 5.69. The Morgan fingerprint density at radius 2 is 1.62 bits per heavy atom. The molecule has 0 saturated heterocycles. The van der Waals surface area contributed by atoms with Crippen molar-refractivity contribution in [2.75, 3.05) is 0 Å². The van der Waals surface area contributed by atoms with Gasteiger partial charge < -0.3 is 0 Å². The average Bonchev–Trinajstić information content (AvgIpc) is 3.07. The molecular weight excluding hydrogens is 341 g/mol. The fourth-order valence-electron chi connectivity index (χ4n) is 2.73. The Kier molecular flexibility index (Phi) is 3.72. The van der Waals surface area contributed by atoms with Gasteiger partial charge in [0.1, 0.15) is 0 Å². The third-order valence-corrected chi connectivity index (χ3v) is 4.09. The van der Waals surface area contributed by atoms with E-state index in [9.17, 15) is 13.2 Å². The minimum Gasteiger partial charge on any atom is -0.263 e. The van der Waals surface area contributed by atoms with Gasteiger partial charge in [-0.05, 0) is 42.8 Å². The van der Waals surface area contributed by atoms with E-state index in [1.54, 1.807) is 16.9 Å². The number of rotatable bonds is 2. The lowest BCUT2D eigenvalue weighted by Crippen LogP contribution is -2.04. The molecule has 0 spiro atoms. The van der Waals surface area contributed by atoms with Crippen molar-refractivity contribution in [2.24, 2.45) is 0 Å². The number of nitrogens with zero attached hydrogens (tertiary/aromatic N) is 4. The van der Waals surface area contributed by atoms with Crippen LogP contribution in [0.25, 0.3) is 28.2 Å². The minimum absolute atomic E-state index is 0.514. The topological polar surface area (TPSA) is 43.1 Å². The number of hydrogen-bond donors (Lipinski definition) is 0. The second-order valence-corrected chi connectivity index (χ2v) is 5.91. The molecule has 0 aliphatic heterocycles. The molecule has 0 N–H and O–H groups in total. The summed E-state index contributed by atoms with van der Waals surface area (Å²) >= 11 is 0. The van der Waals surface area contributed by atoms with Gasteiger partial charge in [0.25, 0.3) is 0 Å². The van der Waals surface area contributed by atoms with Gasteiger partial charge in [-0.15, -0.1) is 5.10 Å². The Labute approximate surface area is 147 Å². The number of halogens is 3. The first-order valence-electron chi connectivity index (χ1n) is 7.87. The van der Waals surface area contributed by atoms with Gasteiger partial charge in [0, 0.05) is 29.2 Å². The summed E-state index contributed by atoms with van der Waals surface area (Å²) in [6, 6.07) is 12.5. The van der Waals surface area contributed by atoms with Crippen LogP contribution >= 0.6 is 0 Å². The third kappa shape index (κ3) is 2.92. The second kappa shape index (κ2) is 5.94. The van der Waals surface area contributed by atoms with Crippen LogP contribution in [0.3, 0.4) is 0 Å². The summed E-state index contributed by atoms with van der Waals surface area (Å²) in [7, 11) is 0. The van der Waals surface area contributed by atoms with Crippen LogP contribution in [0.4, 0.5) is 13.2 Å². The molecule has 3 heterocycles. The van der Waals surface area contributed by atoms with E-state index in [1.807, 2.05) is 31.2 Å². The molecule has 0 unspecified atom stereocenters. The maximum Gasteiger partial charge on any atom is 0.416 e. The van der Waals surface area contributed by atoms with E-state index in [-0.39, 0.29) is 0 Å². The first kappa shape index (κ1) is 16.3. The number of benzene rings is 1. The number of aryl methyl sites for hydroxylation is 1. The van der Waals surface area contributed by atoms with E-state index in [2.05, 4.69) is 15.1 Å². The lowest BCUT2D eigenvalue weighted by atomic mass is 10.0. The average molecular weight is 354 g/mol. The highest BCUT2D eigenvalue weighted by Gasteiger charge is 2.29. The molecule has 3 aromatic heterocycles. The SMILES string of the molecule is Cc1cccc2nc(-c3cncc(-c4ccc(C(F)(F)F)cc4)c3)nn12. The van der Waals surface area contributed by atoms with E-state index in [0.29, 0.717) is 22.5 Å². The summed E-state index contributed by atoms with van der Waals surface area (Å²) in [4.78, 5) is 8.68. The molecule has 7 heteroatoms. The molecule has 4 aromatic rings. The van der Waals surface area contributed by atoms with E-state index in [0.717, 1.165) is 23.5 Å². The van der Waals surface area contributed by atoms with Crippen molar-refractivity contribution in [3.05, 3.63) is 72.2 Å². The lowest BCUT2D eigenvalue weighted by Gasteiger charge is -2.08. The van der Waals surface area contributed by atoms with Gasteiger partial charge in [0.15, 0.2) is 11.5 Å². The van der Waals surface area contributed by atoms with Gasteiger partial charge in [-0.1, -0.05) is 18.2 Å². The van der Waals surface area contributed by atoms with Crippen molar-refractivity contribution in [3.8, 4) is 22.5 Å². The van der Waals surface area contributed by atoms with Crippen molar-refractivity contribution >= 4 is 5.65 Å². The normalized spacial score (nSPS) is 11.8. The van der Waals surface area contributed by atoms with Gasteiger partial charge in [0.05, 0.1) is 5.56 Å². The monoisotopic (exact) mass is 354 g/mol. The lowest BCUT2D eigenvalue weighted by molar-refractivity contribution is -0.137.